The summed E-state index contributed by atoms with van der Waals surface area (Å²) in [6.45, 7) is 5.42. The van der Waals surface area contributed by atoms with E-state index in [1.807, 2.05) is 6.92 Å². The van der Waals surface area contributed by atoms with E-state index in [9.17, 15) is 9.59 Å². The molecule has 1 aromatic carbocycles. The molecule has 0 bridgehead atoms. The maximum atomic E-state index is 12.8. The van der Waals surface area contributed by atoms with Crippen LogP contribution in [-0.4, -0.2) is 17.9 Å². The van der Waals surface area contributed by atoms with Gasteiger partial charge in [-0.2, -0.15) is 0 Å². The Morgan fingerprint density at radius 1 is 1.27 bits per heavy atom. The average molecular weight is 394 g/mol. The SMILES string of the molecule is CC1=C(C(=O)OC(C)C)C(c2ccc(Cl)cc2Cl)C2=C(CCCC2=O)N1. The first-order chi connectivity index (χ1) is 12.3. The number of dihydropyridines is 1. The summed E-state index contributed by atoms with van der Waals surface area (Å²) >= 11 is 12.5. The van der Waals surface area contributed by atoms with Crippen molar-refractivity contribution in [3.63, 3.8) is 0 Å². The number of carbonyl (C=O) groups is 2. The van der Waals surface area contributed by atoms with Gasteiger partial charge in [0.25, 0.3) is 0 Å². The first-order valence-corrected chi connectivity index (χ1v) is 9.45. The van der Waals surface area contributed by atoms with E-state index in [0.29, 0.717) is 38.9 Å². The van der Waals surface area contributed by atoms with Crippen LogP contribution in [0.2, 0.25) is 10.0 Å². The third kappa shape index (κ3) is 3.53. The van der Waals surface area contributed by atoms with E-state index in [-0.39, 0.29) is 11.9 Å². The number of benzene rings is 1. The Balaban J connectivity index is 2.18. The van der Waals surface area contributed by atoms with Crippen LogP contribution in [0.1, 0.15) is 51.5 Å². The third-order valence-corrected chi connectivity index (χ3v) is 5.17. The molecular weight excluding hydrogens is 373 g/mol. The Hall–Kier alpha value is -1.78. The predicted octanol–water partition coefficient (Wildman–Crippen LogP) is 4.91. The molecule has 1 N–H and O–H groups in total. The number of rotatable bonds is 3. The van der Waals surface area contributed by atoms with Crippen LogP contribution in [0.25, 0.3) is 0 Å². The fourth-order valence-corrected chi connectivity index (χ4v) is 4.10. The molecule has 0 radical (unpaired) electrons. The number of halogens is 2. The van der Waals surface area contributed by atoms with Crippen LogP contribution >= 0.6 is 23.2 Å². The zero-order valence-electron chi connectivity index (χ0n) is 15.0. The highest BCUT2D eigenvalue weighted by molar-refractivity contribution is 6.35. The summed E-state index contributed by atoms with van der Waals surface area (Å²) in [5, 5.41) is 4.18. The van der Waals surface area contributed by atoms with Crippen LogP contribution in [0.5, 0.6) is 0 Å². The van der Waals surface area contributed by atoms with Gasteiger partial charge in [-0.15, -0.1) is 0 Å². The number of carbonyl (C=O) groups excluding carboxylic acids is 2. The van der Waals surface area contributed by atoms with Gasteiger partial charge in [0.15, 0.2) is 5.78 Å². The van der Waals surface area contributed by atoms with E-state index in [4.69, 9.17) is 27.9 Å². The molecule has 1 aliphatic carbocycles. The molecule has 2 aliphatic rings. The van der Waals surface area contributed by atoms with Crippen LogP contribution in [0.3, 0.4) is 0 Å². The molecule has 1 atom stereocenters. The van der Waals surface area contributed by atoms with E-state index in [1.54, 1.807) is 32.0 Å². The lowest BCUT2D eigenvalue weighted by atomic mass is 9.75. The molecule has 0 spiro atoms. The first-order valence-electron chi connectivity index (χ1n) is 8.69. The van der Waals surface area contributed by atoms with E-state index in [0.717, 1.165) is 18.5 Å². The Morgan fingerprint density at radius 2 is 2.00 bits per heavy atom. The van der Waals surface area contributed by atoms with Crippen LogP contribution < -0.4 is 5.32 Å². The quantitative estimate of drug-likeness (QED) is 0.740. The van der Waals surface area contributed by atoms with Crippen molar-refractivity contribution in [2.75, 3.05) is 0 Å². The topological polar surface area (TPSA) is 55.4 Å². The largest absolute Gasteiger partial charge is 0.460 e. The Morgan fingerprint density at radius 3 is 2.65 bits per heavy atom. The van der Waals surface area contributed by atoms with Crippen molar-refractivity contribution in [3.05, 3.63) is 56.3 Å². The van der Waals surface area contributed by atoms with Crippen LogP contribution in [0.4, 0.5) is 0 Å². The molecule has 0 saturated heterocycles. The summed E-state index contributed by atoms with van der Waals surface area (Å²) in [7, 11) is 0. The third-order valence-electron chi connectivity index (χ3n) is 4.61. The van der Waals surface area contributed by atoms with Crippen molar-refractivity contribution in [1.82, 2.24) is 5.32 Å². The van der Waals surface area contributed by atoms with Gasteiger partial charge >= 0.3 is 5.97 Å². The molecule has 1 unspecified atom stereocenters. The minimum absolute atomic E-state index is 0.0390. The molecule has 0 aromatic heterocycles. The molecule has 138 valence electrons. The zero-order chi connectivity index (χ0) is 19.0. The second-order valence-corrected chi connectivity index (χ2v) is 7.73. The monoisotopic (exact) mass is 393 g/mol. The van der Waals surface area contributed by atoms with Crippen LogP contribution in [-0.2, 0) is 14.3 Å². The molecule has 1 aliphatic heterocycles. The van der Waals surface area contributed by atoms with Crippen molar-refractivity contribution in [1.29, 1.82) is 0 Å². The van der Waals surface area contributed by atoms with Gasteiger partial charge in [-0.3, -0.25) is 4.79 Å². The zero-order valence-corrected chi connectivity index (χ0v) is 16.5. The van der Waals surface area contributed by atoms with E-state index < -0.39 is 11.9 Å². The van der Waals surface area contributed by atoms with Crippen molar-refractivity contribution >= 4 is 35.0 Å². The molecule has 0 saturated carbocycles. The smallest absolute Gasteiger partial charge is 0.337 e. The summed E-state index contributed by atoms with van der Waals surface area (Å²) in [5.74, 6) is -0.946. The van der Waals surface area contributed by atoms with Crippen LogP contribution in [0, 0.1) is 0 Å². The average Bonchev–Trinajstić information content (AvgIpc) is 2.53. The molecular formula is C20H21Cl2NO3. The number of ketones is 1. The first kappa shape index (κ1) is 19.0. The summed E-state index contributed by atoms with van der Waals surface area (Å²) in [4.78, 5) is 25.6. The minimum Gasteiger partial charge on any atom is -0.460 e. The number of esters is 1. The fourth-order valence-electron chi connectivity index (χ4n) is 3.58. The number of hydrogen-bond donors (Lipinski definition) is 1. The Labute approximate surface area is 163 Å². The molecule has 1 heterocycles. The highest BCUT2D eigenvalue weighted by Crippen LogP contribution is 2.45. The van der Waals surface area contributed by atoms with Gasteiger partial charge in [0, 0.05) is 39.4 Å². The van der Waals surface area contributed by atoms with Gasteiger partial charge in [-0.1, -0.05) is 29.3 Å². The molecule has 0 amide bonds. The van der Waals surface area contributed by atoms with Gasteiger partial charge in [-0.05, 0) is 51.3 Å². The number of hydrogen-bond acceptors (Lipinski definition) is 4. The molecule has 0 fully saturated rings. The summed E-state index contributed by atoms with van der Waals surface area (Å²) in [6.07, 6.45) is 1.77. The second kappa shape index (κ2) is 7.45. The van der Waals surface area contributed by atoms with E-state index >= 15 is 0 Å². The van der Waals surface area contributed by atoms with Gasteiger partial charge in [0.05, 0.1) is 11.7 Å². The van der Waals surface area contributed by atoms with E-state index in [1.165, 1.54) is 0 Å². The van der Waals surface area contributed by atoms with Gasteiger partial charge in [0.1, 0.15) is 0 Å². The van der Waals surface area contributed by atoms with Crippen LogP contribution in [0.15, 0.2) is 40.7 Å². The second-order valence-electron chi connectivity index (χ2n) is 6.89. The summed E-state index contributed by atoms with van der Waals surface area (Å²) in [5.41, 5.74) is 3.30. The number of Topliss-reactive ketones (excluding diaryl/α,β-unsaturated/α-hetero) is 1. The molecule has 3 rings (SSSR count). The number of ether oxygens (including phenoxy) is 1. The lowest BCUT2D eigenvalue weighted by Crippen LogP contribution is -2.35. The minimum atomic E-state index is -0.546. The van der Waals surface area contributed by atoms with E-state index in [2.05, 4.69) is 5.32 Å². The summed E-state index contributed by atoms with van der Waals surface area (Å²) < 4.78 is 5.45. The fraction of sp³-hybridized carbons (Fsp3) is 0.400. The Bertz CT molecular complexity index is 839. The molecule has 6 heteroatoms. The highest BCUT2D eigenvalue weighted by Gasteiger charge is 2.40. The molecule has 26 heavy (non-hydrogen) atoms. The lowest BCUT2D eigenvalue weighted by molar-refractivity contribution is -0.143. The lowest BCUT2D eigenvalue weighted by Gasteiger charge is -2.34. The standard InChI is InChI=1S/C20H21Cl2NO3/c1-10(2)26-20(25)17-11(3)23-15-5-4-6-16(24)19(15)18(17)13-8-7-12(21)9-14(13)22/h7-10,18,23H,4-6H2,1-3H3. The predicted molar refractivity (Wildman–Crippen MR) is 102 cm³/mol. The molecule has 4 nitrogen and oxygen atoms in total. The summed E-state index contributed by atoms with van der Waals surface area (Å²) in [6, 6.07) is 5.14. The van der Waals surface area contributed by atoms with Crippen molar-refractivity contribution in [3.8, 4) is 0 Å². The maximum Gasteiger partial charge on any atom is 0.337 e. The normalized spacial score (nSPS) is 20.2. The maximum absolute atomic E-state index is 12.8. The van der Waals surface area contributed by atoms with Gasteiger partial charge in [0.2, 0.25) is 0 Å². The van der Waals surface area contributed by atoms with Crippen molar-refractivity contribution in [2.24, 2.45) is 0 Å². The van der Waals surface area contributed by atoms with Crippen molar-refractivity contribution in [2.45, 2.75) is 52.1 Å². The number of allylic oxidation sites excluding steroid dienone is 3. The van der Waals surface area contributed by atoms with Gasteiger partial charge < -0.3 is 10.1 Å². The highest BCUT2D eigenvalue weighted by atomic mass is 35.5. The molecule has 1 aromatic rings. The Kier molecular flexibility index (Phi) is 5.44. The van der Waals surface area contributed by atoms with Gasteiger partial charge in [-0.25, -0.2) is 4.79 Å². The number of nitrogens with one attached hydrogen (secondary N) is 1. The van der Waals surface area contributed by atoms with Crippen molar-refractivity contribution < 1.29 is 14.3 Å².